The van der Waals surface area contributed by atoms with Crippen molar-refractivity contribution in [1.29, 1.82) is 0 Å². The van der Waals surface area contributed by atoms with E-state index in [0.717, 1.165) is 0 Å². The number of benzene rings is 1. The van der Waals surface area contributed by atoms with Gasteiger partial charge in [0.2, 0.25) is 5.43 Å². The van der Waals surface area contributed by atoms with E-state index >= 15 is 0 Å². The van der Waals surface area contributed by atoms with Crippen molar-refractivity contribution in [2.45, 2.75) is 0 Å². The van der Waals surface area contributed by atoms with Gasteiger partial charge in [-0.1, -0.05) is 34.8 Å². The smallest absolute Gasteiger partial charge is 0.207 e. The van der Waals surface area contributed by atoms with Crippen LogP contribution < -0.4 is 5.43 Å². The van der Waals surface area contributed by atoms with Crippen LogP contribution in [0.1, 0.15) is 0 Å². The zero-order valence-corrected chi connectivity index (χ0v) is 9.04. The van der Waals surface area contributed by atoms with Gasteiger partial charge in [0, 0.05) is 11.6 Å². The number of aromatic nitrogens is 1. The number of H-pyrrole nitrogens is 1. The first-order valence-electron chi connectivity index (χ1n) is 3.75. The highest BCUT2D eigenvalue weighted by atomic mass is 35.5. The number of hydrogen-bond donors (Lipinski definition) is 1. The second-order valence-corrected chi connectivity index (χ2v) is 4.00. The van der Waals surface area contributed by atoms with E-state index in [9.17, 15) is 4.79 Å². The Bertz CT molecular complexity index is 562. The van der Waals surface area contributed by atoms with Crippen LogP contribution in [-0.2, 0) is 0 Å². The molecule has 14 heavy (non-hydrogen) atoms. The van der Waals surface area contributed by atoms with Gasteiger partial charge in [0.05, 0.1) is 15.6 Å². The molecule has 2 nitrogen and oxygen atoms in total. The summed E-state index contributed by atoms with van der Waals surface area (Å²) in [5, 5.41) is 1.31. The molecule has 0 aliphatic rings. The molecule has 2 rings (SSSR count). The molecule has 0 spiro atoms. The quantitative estimate of drug-likeness (QED) is 0.760. The molecule has 0 aliphatic heterocycles. The SMILES string of the molecule is O=c1c(Cl)c[nH]c2cc(Cl)c(Cl)cc12. The number of aromatic amines is 1. The molecule has 0 fully saturated rings. The van der Waals surface area contributed by atoms with Crippen LogP contribution in [0.4, 0.5) is 0 Å². The van der Waals surface area contributed by atoms with Gasteiger partial charge in [-0.15, -0.1) is 0 Å². The van der Waals surface area contributed by atoms with Crippen LogP contribution in [0.15, 0.2) is 23.1 Å². The minimum absolute atomic E-state index is 0.135. The van der Waals surface area contributed by atoms with Crippen LogP contribution in [0.2, 0.25) is 15.1 Å². The highest BCUT2D eigenvalue weighted by molar-refractivity contribution is 6.42. The number of halogens is 3. The molecule has 2 aromatic rings. The summed E-state index contributed by atoms with van der Waals surface area (Å²) >= 11 is 17.2. The molecule has 0 radical (unpaired) electrons. The molecule has 0 saturated heterocycles. The maximum Gasteiger partial charge on any atom is 0.207 e. The highest BCUT2D eigenvalue weighted by Crippen LogP contribution is 2.25. The van der Waals surface area contributed by atoms with Crippen molar-refractivity contribution in [3.63, 3.8) is 0 Å². The van der Waals surface area contributed by atoms with Gasteiger partial charge >= 0.3 is 0 Å². The Labute approximate surface area is 94.4 Å². The van der Waals surface area contributed by atoms with Crippen LogP contribution in [0.3, 0.4) is 0 Å². The average molecular weight is 248 g/mol. The molecule has 0 bridgehead atoms. The van der Waals surface area contributed by atoms with Gasteiger partial charge in [-0.3, -0.25) is 4.79 Å². The van der Waals surface area contributed by atoms with Gasteiger partial charge in [-0.25, -0.2) is 0 Å². The monoisotopic (exact) mass is 247 g/mol. The Hall–Kier alpha value is -0.700. The van der Waals surface area contributed by atoms with Crippen LogP contribution >= 0.6 is 34.8 Å². The third-order valence-corrected chi connectivity index (χ3v) is 2.88. The third-order valence-electron chi connectivity index (χ3n) is 1.88. The van der Waals surface area contributed by atoms with Gasteiger partial charge in [0.25, 0.3) is 0 Å². The van der Waals surface area contributed by atoms with Crippen LogP contribution in [-0.4, -0.2) is 4.98 Å². The average Bonchev–Trinajstić information content (AvgIpc) is 2.15. The molecule has 1 heterocycles. The van der Waals surface area contributed by atoms with Crippen molar-refractivity contribution < 1.29 is 0 Å². The number of rotatable bonds is 0. The number of hydrogen-bond acceptors (Lipinski definition) is 1. The molecule has 72 valence electrons. The summed E-state index contributed by atoms with van der Waals surface area (Å²) in [6, 6.07) is 3.10. The van der Waals surface area contributed by atoms with Gasteiger partial charge in [0.15, 0.2) is 0 Å². The molecule has 1 aromatic carbocycles. The summed E-state index contributed by atoms with van der Waals surface area (Å²) in [5.41, 5.74) is 0.368. The Balaban J connectivity index is 2.97. The molecule has 1 N–H and O–H groups in total. The van der Waals surface area contributed by atoms with E-state index in [0.29, 0.717) is 20.9 Å². The summed E-state index contributed by atoms with van der Waals surface area (Å²) in [7, 11) is 0. The zero-order valence-electron chi connectivity index (χ0n) is 6.77. The first-order valence-corrected chi connectivity index (χ1v) is 4.89. The maximum absolute atomic E-state index is 11.5. The molecule has 0 unspecified atom stereocenters. The molecule has 0 aliphatic carbocycles. The fourth-order valence-electron chi connectivity index (χ4n) is 1.19. The Morgan fingerprint density at radius 1 is 1.00 bits per heavy atom. The van der Waals surface area contributed by atoms with E-state index < -0.39 is 0 Å². The molecular weight excluding hydrogens is 244 g/mol. The summed E-state index contributed by atoms with van der Waals surface area (Å²) in [4.78, 5) is 14.4. The second kappa shape index (κ2) is 3.46. The number of pyridine rings is 1. The van der Waals surface area contributed by atoms with Crippen molar-refractivity contribution >= 4 is 45.7 Å². The Morgan fingerprint density at radius 2 is 1.64 bits per heavy atom. The van der Waals surface area contributed by atoms with Gasteiger partial charge in [-0.2, -0.15) is 0 Å². The number of nitrogens with one attached hydrogen (secondary N) is 1. The number of fused-ring (bicyclic) bond motifs is 1. The fraction of sp³-hybridized carbons (Fsp3) is 0. The van der Waals surface area contributed by atoms with E-state index in [1.165, 1.54) is 12.3 Å². The predicted molar refractivity (Wildman–Crippen MR) is 59.6 cm³/mol. The standard InChI is InChI=1S/C9H4Cl3NO/c10-5-1-4-8(2-6(5)11)13-3-7(12)9(4)14/h1-3H,(H,13,14). The largest absolute Gasteiger partial charge is 0.360 e. The lowest BCUT2D eigenvalue weighted by atomic mass is 10.2. The topological polar surface area (TPSA) is 32.9 Å². The molecule has 1 aromatic heterocycles. The minimum atomic E-state index is -0.251. The molecular formula is C9H4Cl3NO. The van der Waals surface area contributed by atoms with Gasteiger partial charge in [0.1, 0.15) is 5.02 Å². The zero-order chi connectivity index (χ0) is 10.3. The fourth-order valence-corrected chi connectivity index (χ4v) is 1.67. The van der Waals surface area contributed by atoms with Crippen molar-refractivity contribution in [2.24, 2.45) is 0 Å². The van der Waals surface area contributed by atoms with Gasteiger partial charge < -0.3 is 4.98 Å². The summed E-state index contributed by atoms with van der Waals surface area (Å²) < 4.78 is 0. The Kier molecular flexibility index (Phi) is 2.43. The molecule has 0 saturated carbocycles. The molecule has 5 heteroatoms. The first-order chi connectivity index (χ1) is 6.59. The first kappa shape index (κ1) is 9.84. The second-order valence-electron chi connectivity index (χ2n) is 2.78. The van der Waals surface area contributed by atoms with E-state index in [4.69, 9.17) is 34.8 Å². The van der Waals surface area contributed by atoms with E-state index in [2.05, 4.69) is 4.98 Å². The molecule has 0 amide bonds. The van der Waals surface area contributed by atoms with Crippen molar-refractivity contribution in [2.75, 3.05) is 0 Å². The van der Waals surface area contributed by atoms with Crippen molar-refractivity contribution in [3.05, 3.63) is 43.6 Å². The third kappa shape index (κ3) is 1.50. The van der Waals surface area contributed by atoms with Crippen LogP contribution in [0, 0.1) is 0 Å². The van der Waals surface area contributed by atoms with E-state index in [1.54, 1.807) is 6.07 Å². The summed E-state index contributed by atoms with van der Waals surface area (Å²) in [5.74, 6) is 0. The molecule has 0 atom stereocenters. The summed E-state index contributed by atoms with van der Waals surface area (Å²) in [6.07, 6.45) is 1.43. The normalized spacial score (nSPS) is 10.8. The van der Waals surface area contributed by atoms with Crippen LogP contribution in [0.25, 0.3) is 10.9 Å². The lowest BCUT2D eigenvalue weighted by Gasteiger charge is -2.00. The Morgan fingerprint density at radius 3 is 2.36 bits per heavy atom. The van der Waals surface area contributed by atoms with Crippen LogP contribution in [0.5, 0.6) is 0 Å². The highest BCUT2D eigenvalue weighted by Gasteiger charge is 2.06. The lowest BCUT2D eigenvalue weighted by molar-refractivity contribution is 1.39. The van der Waals surface area contributed by atoms with E-state index in [1.807, 2.05) is 0 Å². The van der Waals surface area contributed by atoms with Gasteiger partial charge in [-0.05, 0) is 12.1 Å². The van der Waals surface area contributed by atoms with E-state index in [-0.39, 0.29) is 10.5 Å². The lowest BCUT2D eigenvalue weighted by Crippen LogP contribution is -2.02. The van der Waals surface area contributed by atoms with Crippen molar-refractivity contribution in [1.82, 2.24) is 4.98 Å². The van der Waals surface area contributed by atoms with Crippen molar-refractivity contribution in [3.8, 4) is 0 Å². The maximum atomic E-state index is 11.5. The predicted octanol–water partition coefficient (Wildman–Crippen LogP) is 3.49. The summed E-state index contributed by atoms with van der Waals surface area (Å²) in [6.45, 7) is 0. The minimum Gasteiger partial charge on any atom is -0.360 e.